The Morgan fingerprint density at radius 3 is 2.39 bits per heavy atom. The van der Waals surface area contributed by atoms with Crippen molar-refractivity contribution in [2.24, 2.45) is 0 Å². The lowest BCUT2D eigenvalue weighted by atomic mass is 10.2. The van der Waals surface area contributed by atoms with E-state index in [1.54, 1.807) is 11.8 Å². The highest BCUT2D eigenvalue weighted by Crippen LogP contribution is 2.28. The van der Waals surface area contributed by atoms with Gasteiger partial charge in [0, 0.05) is 16.2 Å². The van der Waals surface area contributed by atoms with Gasteiger partial charge >= 0.3 is 5.97 Å². The highest BCUT2D eigenvalue weighted by molar-refractivity contribution is 8.00. The summed E-state index contributed by atoms with van der Waals surface area (Å²) >= 11 is 3.13. The number of rotatable bonds is 8. The zero-order chi connectivity index (χ0) is 19.8. The summed E-state index contributed by atoms with van der Waals surface area (Å²) in [4.78, 5) is 22.6. The molecule has 0 saturated carbocycles. The van der Waals surface area contributed by atoms with Crippen molar-refractivity contribution in [2.75, 3.05) is 6.61 Å². The monoisotopic (exact) mass is 410 g/mol. The standard InChI is InChI=1S/C22H22N2O2S2/c1-3-26-22(25)16(2)28-20-14-18(15-27-19-12-8-5-9-13-19)23-21(24-20)17-10-6-4-7-11-17/h4-14,16H,3,15H2,1-2H3/t16-/m1/s1. The predicted molar refractivity (Wildman–Crippen MR) is 115 cm³/mol. The van der Waals surface area contributed by atoms with Gasteiger partial charge < -0.3 is 4.74 Å². The van der Waals surface area contributed by atoms with Crippen LogP contribution in [0.1, 0.15) is 19.5 Å². The molecular formula is C22H22N2O2S2. The van der Waals surface area contributed by atoms with Gasteiger partial charge in [0.1, 0.15) is 10.3 Å². The molecular weight excluding hydrogens is 388 g/mol. The molecule has 0 aliphatic carbocycles. The molecule has 144 valence electrons. The first-order valence-electron chi connectivity index (χ1n) is 9.10. The van der Waals surface area contributed by atoms with Crippen molar-refractivity contribution in [3.8, 4) is 11.4 Å². The Bertz CT molecular complexity index is 905. The molecule has 0 fully saturated rings. The molecule has 1 aromatic heterocycles. The Kier molecular flexibility index (Phi) is 7.51. The van der Waals surface area contributed by atoms with E-state index in [-0.39, 0.29) is 11.2 Å². The van der Waals surface area contributed by atoms with E-state index in [1.165, 1.54) is 16.7 Å². The fourth-order valence-electron chi connectivity index (χ4n) is 2.49. The van der Waals surface area contributed by atoms with Crippen molar-refractivity contribution in [3.63, 3.8) is 0 Å². The Labute approximate surface area is 174 Å². The van der Waals surface area contributed by atoms with E-state index in [0.717, 1.165) is 22.0 Å². The zero-order valence-electron chi connectivity index (χ0n) is 15.9. The summed E-state index contributed by atoms with van der Waals surface area (Å²) in [5, 5.41) is 0.450. The maximum Gasteiger partial charge on any atom is 0.319 e. The Morgan fingerprint density at radius 1 is 1.04 bits per heavy atom. The SMILES string of the molecule is CCOC(=O)[C@@H](C)Sc1cc(CSc2ccccc2)nc(-c2ccccc2)n1. The number of hydrogen-bond acceptors (Lipinski definition) is 6. The zero-order valence-corrected chi connectivity index (χ0v) is 17.5. The lowest BCUT2D eigenvalue weighted by molar-refractivity contribution is -0.142. The van der Waals surface area contributed by atoms with E-state index in [9.17, 15) is 4.79 Å². The number of ether oxygens (including phenoxy) is 1. The molecule has 0 bridgehead atoms. The largest absolute Gasteiger partial charge is 0.465 e. The Balaban J connectivity index is 1.84. The van der Waals surface area contributed by atoms with Gasteiger partial charge in [-0.25, -0.2) is 9.97 Å². The summed E-state index contributed by atoms with van der Waals surface area (Å²) in [6.45, 7) is 4.03. The molecule has 1 atom stereocenters. The molecule has 6 heteroatoms. The number of carbonyl (C=O) groups is 1. The van der Waals surface area contributed by atoms with E-state index in [1.807, 2.05) is 68.4 Å². The van der Waals surface area contributed by atoms with Gasteiger partial charge in [0.15, 0.2) is 5.82 Å². The second-order valence-corrected chi connectivity index (χ2v) is 8.41. The van der Waals surface area contributed by atoms with Crippen LogP contribution in [0.3, 0.4) is 0 Å². The van der Waals surface area contributed by atoms with Crippen LogP contribution in [0, 0.1) is 0 Å². The normalized spacial score (nSPS) is 11.8. The van der Waals surface area contributed by atoms with Crippen LogP contribution in [0.15, 0.2) is 76.7 Å². The summed E-state index contributed by atoms with van der Waals surface area (Å²) in [5.74, 6) is 1.17. The maximum absolute atomic E-state index is 12.0. The average molecular weight is 411 g/mol. The van der Waals surface area contributed by atoms with Crippen molar-refractivity contribution in [3.05, 3.63) is 72.4 Å². The fourth-order valence-corrected chi connectivity index (χ4v) is 4.17. The summed E-state index contributed by atoms with van der Waals surface area (Å²) < 4.78 is 5.12. The van der Waals surface area contributed by atoms with Crippen LogP contribution < -0.4 is 0 Å². The van der Waals surface area contributed by atoms with Gasteiger partial charge in [-0.15, -0.1) is 11.8 Å². The van der Waals surface area contributed by atoms with Gasteiger partial charge in [-0.1, -0.05) is 60.3 Å². The van der Waals surface area contributed by atoms with Crippen LogP contribution in [0.5, 0.6) is 0 Å². The number of hydrogen-bond donors (Lipinski definition) is 0. The highest BCUT2D eigenvalue weighted by Gasteiger charge is 2.18. The molecule has 2 aromatic carbocycles. The van der Waals surface area contributed by atoms with Gasteiger partial charge in [0.2, 0.25) is 0 Å². The molecule has 0 unspecified atom stereocenters. The molecule has 0 saturated heterocycles. The number of benzene rings is 2. The van der Waals surface area contributed by atoms with Crippen molar-refractivity contribution in [1.29, 1.82) is 0 Å². The third-order valence-electron chi connectivity index (χ3n) is 3.83. The lowest BCUT2D eigenvalue weighted by Crippen LogP contribution is -2.17. The van der Waals surface area contributed by atoms with Crippen LogP contribution in [-0.2, 0) is 15.3 Å². The first kappa shape index (κ1) is 20.4. The molecule has 3 rings (SSSR count). The molecule has 4 nitrogen and oxygen atoms in total. The van der Waals surface area contributed by atoms with E-state index in [0.29, 0.717) is 12.4 Å². The van der Waals surface area contributed by atoms with Gasteiger partial charge in [0.25, 0.3) is 0 Å². The van der Waals surface area contributed by atoms with E-state index in [2.05, 4.69) is 17.1 Å². The minimum atomic E-state index is -0.326. The number of thioether (sulfide) groups is 2. The quantitative estimate of drug-likeness (QED) is 0.278. The van der Waals surface area contributed by atoms with Crippen molar-refractivity contribution in [1.82, 2.24) is 9.97 Å². The number of carbonyl (C=O) groups excluding carboxylic acids is 1. The van der Waals surface area contributed by atoms with Gasteiger partial charge in [-0.05, 0) is 32.0 Å². The minimum absolute atomic E-state index is 0.229. The fraction of sp³-hybridized carbons (Fsp3) is 0.227. The molecule has 0 spiro atoms. The average Bonchev–Trinajstić information content (AvgIpc) is 2.73. The first-order chi connectivity index (χ1) is 13.7. The van der Waals surface area contributed by atoms with Crippen LogP contribution in [-0.4, -0.2) is 27.8 Å². The minimum Gasteiger partial charge on any atom is -0.465 e. The van der Waals surface area contributed by atoms with Gasteiger partial charge in [-0.2, -0.15) is 0 Å². The lowest BCUT2D eigenvalue weighted by Gasteiger charge is -2.12. The van der Waals surface area contributed by atoms with Gasteiger partial charge in [-0.3, -0.25) is 4.79 Å². The number of nitrogens with zero attached hydrogens (tertiary/aromatic N) is 2. The van der Waals surface area contributed by atoms with Crippen LogP contribution in [0.2, 0.25) is 0 Å². The summed E-state index contributed by atoms with van der Waals surface area (Å²) in [6, 6.07) is 22.1. The van der Waals surface area contributed by atoms with E-state index < -0.39 is 0 Å². The second-order valence-electron chi connectivity index (χ2n) is 6.00. The molecule has 0 aliphatic heterocycles. The van der Waals surface area contributed by atoms with Gasteiger partial charge in [0.05, 0.1) is 12.3 Å². The highest BCUT2D eigenvalue weighted by atomic mass is 32.2. The summed E-state index contributed by atoms with van der Waals surface area (Å²) in [6.07, 6.45) is 0. The molecule has 0 N–H and O–H groups in total. The van der Waals surface area contributed by atoms with Crippen molar-refractivity contribution < 1.29 is 9.53 Å². The Morgan fingerprint density at radius 2 is 1.71 bits per heavy atom. The topological polar surface area (TPSA) is 52.1 Å². The maximum atomic E-state index is 12.0. The Hall–Kier alpha value is -2.31. The molecule has 1 heterocycles. The first-order valence-corrected chi connectivity index (χ1v) is 11.0. The molecule has 0 amide bonds. The summed E-state index contributed by atoms with van der Waals surface area (Å²) in [5.41, 5.74) is 1.89. The van der Waals surface area contributed by atoms with E-state index >= 15 is 0 Å². The molecule has 0 radical (unpaired) electrons. The molecule has 28 heavy (non-hydrogen) atoms. The number of esters is 1. The van der Waals surface area contributed by atoms with Crippen LogP contribution in [0.25, 0.3) is 11.4 Å². The summed E-state index contributed by atoms with van der Waals surface area (Å²) in [7, 11) is 0. The number of aromatic nitrogens is 2. The molecule has 3 aromatic rings. The predicted octanol–water partition coefficient (Wildman–Crippen LogP) is 5.48. The smallest absolute Gasteiger partial charge is 0.319 e. The van der Waals surface area contributed by atoms with Crippen LogP contribution >= 0.6 is 23.5 Å². The molecule has 0 aliphatic rings. The third-order valence-corrected chi connectivity index (χ3v) is 5.88. The second kappa shape index (κ2) is 10.3. The third kappa shape index (κ3) is 5.84. The van der Waals surface area contributed by atoms with Crippen LogP contribution in [0.4, 0.5) is 0 Å². The van der Waals surface area contributed by atoms with E-state index in [4.69, 9.17) is 9.72 Å². The van der Waals surface area contributed by atoms with Crippen molar-refractivity contribution in [2.45, 2.75) is 34.8 Å². The van der Waals surface area contributed by atoms with Crippen molar-refractivity contribution >= 4 is 29.5 Å².